The number of hydrogen-bond donors (Lipinski definition) is 0. The average Bonchev–Trinajstić information content (AvgIpc) is 2.38. The van der Waals surface area contributed by atoms with Crippen molar-refractivity contribution in [3.63, 3.8) is 0 Å². The van der Waals surface area contributed by atoms with Crippen molar-refractivity contribution in [3.8, 4) is 0 Å². The van der Waals surface area contributed by atoms with Crippen LogP contribution in [0.3, 0.4) is 0 Å². The van der Waals surface area contributed by atoms with Crippen LogP contribution >= 0.6 is 22.9 Å². The van der Waals surface area contributed by atoms with Gasteiger partial charge in [0, 0.05) is 35.5 Å². The molecule has 0 aromatic rings. The highest BCUT2D eigenvalue weighted by atomic mass is 127. The van der Waals surface area contributed by atoms with E-state index in [9.17, 15) is 0 Å². The molecule has 0 amide bonds. The molecule has 0 unspecified atom stereocenters. The topological polar surface area (TPSA) is 3.24 Å². The molecule has 0 bridgehead atoms. The standard InChI is InChI=1S/C8H14IN/c1-2-7-10(9)8-5-3-4-6-8/h2,8H,1,3-7H2. The average molecular weight is 251 g/mol. The molecule has 0 aromatic carbocycles. The largest absolute Gasteiger partial charge is 0.241 e. The van der Waals surface area contributed by atoms with E-state index in [0.29, 0.717) is 0 Å². The third-order valence-corrected chi connectivity index (χ3v) is 3.21. The fourth-order valence-corrected chi connectivity index (χ4v) is 2.29. The third-order valence-electron chi connectivity index (χ3n) is 2.02. The first-order valence-corrected chi connectivity index (χ1v) is 4.84. The summed E-state index contributed by atoms with van der Waals surface area (Å²) in [6.07, 6.45) is 7.58. The fraction of sp³-hybridized carbons (Fsp3) is 0.750. The molecule has 1 aliphatic rings. The number of nitrogens with zero attached hydrogens (tertiary/aromatic N) is 1. The van der Waals surface area contributed by atoms with Gasteiger partial charge in [0.2, 0.25) is 0 Å². The van der Waals surface area contributed by atoms with E-state index in [1.807, 2.05) is 6.08 Å². The summed E-state index contributed by atoms with van der Waals surface area (Å²) in [6, 6.07) is 0.832. The predicted molar refractivity (Wildman–Crippen MR) is 53.2 cm³/mol. The van der Waals surface area contributed by atoms with E-state index < -0.39 is 0 Å². The van der Waals surface area contributed by atoms with Crippen molar-refractivity contribution in [2.24, 2.45) is 0 Å². The van der Waals surface area contributed by atoms with Crippen LogP contribution in [0.5, 0.6) is 0 Å². The molecule has 1 saturated carbocycles. The Kier molecular flexibility index (Phi) is 3.70. The minimum Gasteiger partial charge on any atom is -0.241 e. The van der Waals surface area contributed by atoms with Gasteiger partial charge >= 0.3 is 0 Å². The second kappa shape index (κ2) is 4.34. The van der Waals surface area contributed by atoms with Gasteiger partial charge in [0.15, 0.2) is 0 Å². The molecule has 0 atom stereocenters. The lowest BCUT2D eigenvalue weighted by atomic mass is 10.2. The predicted octanol–water partition coefficient (Wildman–Crippen LogP) is 2.77. The third kappa shape index (κ3) is 2.23. The number of hydrogen-bond acceptors (Lipinski definition) is 1. The minimum absolute atomic E-state index is 0.832. The van der Waals surface area contributed by atoms with Crippen LogP contribution < -0.4 is 0 Å². The monoisotopic (exact) mass is 251 g/mol. The SMILES string of the molecule is C=CCN(I)C1CCCC1. The Morgan fingerprint density at radius 1 is 1.50 bits per heavy atom. The fourth-order valence-electron chi connectivity index (χ4n) is 1.46. The van der Waals surface area contributed by atoms with Crippen molar-refractivity contribution in [3.05, 3.63) is 12.7 Å². The summed E-state index contributed by atoms with van der Waals surface area (Å²) in [5, 5.41) is 0. The molecule has 1 fully saturated rings. The van der Waals surface area contributed by atoms with Gasteiger partial charge < -0.3 is 0 Å². The van der Waals surface area contributed by atoms with Crippen molar-refractivity contribution >= 4 is 22.9 Å². The van der Waals surface area contributed by atoms with E-state index in [2.05, 4.69) is 32.6 Å². The van der Waals surface area contributed by atoms with Gasteiger partial charge in [-0.3, -0.25) is 0 Å². The van der Waals surface area contributed by atoms with Gasteiger partial charge in [0.25, 0.3) is 0 Å². The maximum absolute atomic E-state index is 3.73. The molecule has 0 spiro atoms. The lowest BCUT2D eigenvalue weighted by Crippen LogP contribution is -2.23. The molecule has 1 nitrogen and oxygen atoms in total. The van der Waals surface area contributed by atoms with E-state index >= 15 is 0 Å². The lowest BCUT2D eigenvalue weighted by Gasteiger charge is -2.19. The van der Waals surface area contributed by atoms with Crippen molar-refractivity contribution in [1.29, 1.82) is 0 Å². The van der Waals surface area contributed by atoms with Crippen molar-refractivity contribution in [2.45, 2.75) is 31.7 Å². The van der Waals surface area contributed by atoms with Crippen LogP contribution in [0.25, 0.3) is 0 Å². The Morgan fingerprint density at radius 2 is 2.10 bits per heavy atom. The first-order chi connectivity index (χ1) is 4.84. The van der Waals surface area contributed by atoms with Crippen LogP contribution in [0.1, 0.15) is 25.7 Å². The molecule has 58 valence electrons. The first-order valence-electron chi connectivity index (χ1n) is 3.88. The quantitative estimate of drug-likeness (QED) is 0.423. The molecule has 0 radical (unpaired) electrons. The molecular weight excluding hydrogens is 237 g/mol. The summed E-state index contributed by atoms with van der Waals surface area (Å²) in [6.45, 7) is 4.76. The highest BCUT2D eigenvalue weighted by molar-refractivity contribution is 14.1. The van der Waals surface area contributed by atoms with Gasteiger partial charge in [-0.2, -0.15) is 0 Å². The molecule has 0 aliphatic heterocycles. The smallest absolute Gasteiger partial charge is 0.0262 e. The van der Waals surface area contributed by atoms with E-state index in [4.69, 9.17) is 0 Å². The van der Waals surface area contributed by atoms with Crippen LogP contribution in [-0.2, 0) is 0 Å². The zero-order valence-corrected chi connectivity index (χ0v) is 8.38. The molecular formula is C8H14IN. The second-order valence-electron chi connectivity index (χ2n) is 2.81. The van der Waals surface area contributed by atoms with Crippen LogP contribution in [0, 0.1) is 0 Å². The Hall–Kier alpha value is 0.430. The van der Waals surface area contributed by atoms with Gasteiger partial charge in [-0.15, -0.1) is 6.58 Å². The van der Waals surface area contributed by atoms with E-state index in [-0.39, 0.29) is 0 Å². The zero-order chi connectivity index (χ0) is 7.40. The maximum Gasteiger partial charge on any atom is 0.0262 e. The molecule has 0 N–H and O–H groups in total. The van der Waals surface area contributed by atoms with Gasteiger partial charge in [-0.1, -0.05) is 18.9 Å². The summed E-state index contributed by atoms with van der Waals surface area (Å²) in [5.41, 5.74) is 0. The van der Waals surface area contributed by atoms with Gasteiger partial charge in [-0.05, 0) is 12.8 Å². The molecule has 1 rings (SSSR count). The van der Waals surface area contributed by atoms with Crippen LogP contribution in [-0.4, -0.2) is 15.7 Å². The van der Waals surface area contributed by atoms with E-state index in [0.717, 1.165) is 12.6 Å². The van der Waals surface area contributed by atoms with Crippen LogP contribution in [0.2, 0.25) is 0 Å². The molecule has 10 heavy (non-hydrogen) atoms. The van der Waals surface area contributed by atoms with Gasteiger partial charge in [-0.25, -0.2) is 3.11 Å². The van der Waals surface area contributed by atoms with E-state index in [1.54, 1.807) is 0 Å². The van der Waals surface area contributed by atoms with E-state index in [1.165, 1.54) is 25.7 Å². The summed E-state index contributed by atoms with van der Waals surface area (Å²) in [5.74, 6) is 0. The molecule has 0 heterocycles. The summed E-state index contributed by atoms with van der Waals surface area (Å²) in [7, 11) is 0. The molecule has 0 saturated heterocycles. The van der Waals surface area contributed by atoms with Crippen LogP contribution in [0.4, 0.5) is 0 Å². The molecule has 1 aliphatic carbocycles. The zero-order valence-electron chi connectivity index (χ0n) is 6.22. The molecule has 2 heteroatoms. The van der Waals surface area contributed by atoms with Gasteiger partial charge in [0.05, 0.1) is 0 Å². The van der Waals surface area contributed by atoms with Crippen molar-refractivity contribution < 1.29 is 0 Å². The Bertz CT molecular complexity index is 108. The highest BCUT2D eigenvalue weighted by Gasteiger charge is 2.19. The Morgan fingerprint density at radius 3 is 2.60 bits per heavy atom. The first kappa shape index (κ1) is 8.53. The minimum atomic E-state index is 0.832. The summed E-state index contributed by atoms with van der Waals surface area (Å²) >= 11 is 2.41. The number of halogens is 1. The van der Waals surface area contributed by atoms with Crippen molar-refractivity contribution in [2.75, 3.05) is 6.54 Å². The number of rotatable bonds is 3. The Labute approximate surface area is 77.0 Å². The molecule has 0 aromatic heterocycles. The highest BCUT2D eigenvalue weighted by Crippen LogP contribution is 2.25. The normalized spacial score (nSPS) is 20.2. The Balaban J connectivity index is 2.24. The maximum atomic E-state index is 3.73. The van der Waals surface area contributed by atoms with Crippen LogP contribution in [0.15, 0.2) is 12.7 Å². The second-order valence-corrected chi connectivity index (χ2v) is 4.05. The van der Waals surface area contributed by atoms with Gasteiger partial charge in [0.1, 0.15) is 0 Å². The lowest BCUT2D eigenvalue weighted by molar-refractivity contribution is 0.418. The summed E-state index contributed by atoms with van der Waals surface area (Å²) < 4.78 is 2.37. The summed E-state index contributed by atoms with van der Waals surface area (Å²) in [4.78, 5) is 0. The van der Waals surface area contributed by atoms with Crippen molar-refractivity contribution in [1.82, 2.24) is 3.11 Å².